The van der Waals surface area contributed by atoms with E-state index in [9.17, 15) is 13.2 Å². The molecule has 0 radical (unpaired) electrons. The van der Waals surface area contributed by atoms with E-state index < -0.39 is 11.7 Å². The van der Waals surface area contributed by atoms with E-state index in [0.29, 0.717) is 17.2 Å². The van der Waals surface area contributed by atoms with E-state index in [1.807, 2.05) is 26.0 Å². The molecular formula is C25H22F3NOS2. The molecule has 2 nitrogen and oxygen atoms in total. The van der Waals surface area contributed by atoms with Crippen LogP contribution in [0.15, 0.2) is 65.6 Å². The lowest BCUT2D eigenvalue weighted by Crippen LogP contribution is -2.03. The molecule has 0 saturated carbocycles. The van der Waals surface area contributed by atoms with E-state index in [0.717, 1.165) is 33.7 Å². The summed E-state index contributed by atoms with van der Waals surface area (Å²) in [4.78, 5) is 5.79. The summed E-state index contributed by atoms with van der Waals surface area (Å²) < 4.78 is 45.1. The van der Waals surface area contributed by atoms with Crippen LogP contribution >= 0.6 is 23.1 Å². The van der Waals surface area contributed by atoms with Crippen LogP contribution in [-0.4, -0.2) is 11.6 Å². The number of thiazole rings is 1. The van der Waals surface area contributed by atoms with Gasteiger partial charge in [0.05, 0.1) is 22.4 Å². The fourth-order valence-electron chi connectivity index (χ4n) is 3.40. The van der Waals surface area contributed by atoms with Gasteiger partial charge in [-0.15, -0.1) is 23.1 Å². The predicted octanol–water partition coefficient (Wildman–Crippen LogP) is 8.54. The highest BCUT2D eigenvalue weighted by atomic mass is 32.2. The molecule has 0 aliphatic rings. The number of ether oxygens (including phenoxy) is 1. The average molecular weight is 474 g/mol. The summed E-state index contributed by atoms with van der Waals surface area (Å²) >= 11 is 3.27. The minimum absolute atomic E-state index is 0.230. The quantitative estimate of drug-likeness (QED) is 0.262. The Bertz CT molecular complexity index is 1230. The Kier molecular flexibility index (Phi) is 6.49. The Balaban J connectivity index is 1.54. The second-order valence-electron chi connectivity index (χ2n) is 7.44. The van der Waals surface area contributed by atoms with E-state index >= 15 is 0 Å². The van der Waals surface area contributed by atoms with E-state index in [2.05, 4.69) is 36.2 Å². The first-order valence-corrected chi connectivity index (χ1v) is 11.9. The van der Waals surface area contributed by atoms with Crippen molar-refractivity contribution in [3.8, 4) is 16.3 Å². The fourth-order valence-corrected chi connectivity index (χ4v) is 5.51. The van der Waals surface area contributed by atoms with Gasteiger partial charge in [-0.3, -0.25) is 0 Å². The number of rotatable bonds is 6. The van der Waals surface area contributed by atoms with Crippen molar-refractivity contribution >= 4 is 33.3 Å². The largest absolute Gasteiger partial charge is 0.494 e. The summed E-state index contributed by atoms with van der Waals surface area (Å²) in [6.07, 6.45) is -4.34. The van der Waals surface area contributed by atoms with E-state index in [4.69, 9.17) is 4.74 Å². The highest BCUT2D eigenvalue weighted by molar-refractivity contribution is 7.99. The smallest absolute Gasteiger partial charge is 0.416 e. The molecule has 7 heteroatoms. The Morgan fingerprint density at radius 1 is 1.03 bits per heavy atom. The average Bonchev–Trinajstić information content (AvgIpc) is 3.18. The molecule has 0 N–H and O–H groups in total. The molecule has 0 fully saturated rings. The monoisotopic (exact) mass is 473 g/mol. The van der Waals surface area contributed by atoms with Crippen LogP contribution in [0.2, 0.25) is 0 Å². The van der Waals surface area contributed by atoms with Gasteiger partial charge in [0.2, 0.25) is 0 Å². The summed E-state index contributed by atoms with van der Waals surface area (Å²) in [6.45, 7) is 6.83. The fraction of sp³-hybridized carbons (Fsp3) is 0.240. The van der Waals surface area contributed by atoms with Gasteiger partial charge in [-0.25, -0.2) is 4.98 Å². The third-order valence-electron chi connectivity index (χ3n) is 5.10. The van der Waals surface area contributed by atoms with Gasteiger partial charge >= 0.3 is 6.18 Å². The summed E-state index contributed by atoms with van der Waals surface area (Å²) in [6, 6.07) is 17.6. The van der Waals surface area contributed by atoms with Crippen LogP contribution in [0.3, 0.4) is 0 Å². The molecule has 4 aromatic rings. The SMILES string of the molecule is CCOc1ccc(SC(C)c2ccc3nc(-c4ccc(C(F)(F)F)cc4)sc3c2)cc1C. The van der Waals surface area contributed by atoms with Crippen molar-refractivity contribution < 1.29 is 17.9 Å². The third kappa shape index (κ3) is 4.94. The zero-order valence-corrected chi connectivity index (χ0v) is 19.5. The Hall–Kier alpha value is -2.51. The number of hydrogen-bond donors (Lipinski definition) is 0. The van der Waals surface area contributed by atoms with E-state index in [-0.39, 0.29) is 5.25 Å². The first-order chi connectivity index (χ1) is 15.2. The first-order valence-electron chi connectivity index (χ1n) is 10.2. The number of fused-ring (bicyclic) bond motifs is 1. The van der Waals surface area contributed by atoms with Gasteiger partial charge in [-0.1, -0.05) is 18.2 Å². The van der Waals surface area contributed by atoms with Crippen LogP contribution in [0.25, 0.3) is 20.8 Å². The van der Waals surface area contributed by atoms with Crippen LogP contribution < -0.4 is 4.74 Å². The van der Waals surface area contributed by atoms with Crippen LogP contribution in [0.4, 0.5) is 13.2 Å². The molecule has 1 aromatic heterocycles. The molecule has 1 unspecified atom stereocenters. The van der Waals surface area contributed by atoms with Crippen molar-refractivity contribution in [3.63, 3.8) is 0 Å². The molecule has 1 heterocycles. The van der Waals surface area contributed by atoms with Gasteiger partial charge < -0.3 is 4.74 Å². The summed E-state index contributed by atoms with van der Waals surface area (Å²) in [5.74, 6) is 0.909. The highest BCUT2D eigenvalue weighted by Gasteiger charge is 2.30. The minimum Gasteiger partial charge on any atom is -0.494 e. The lowest BCUT2D eigenvalue weighted by atomic mass is 10.1. The van der Waals surface area contributed by atoms with Crippen molar-refractivity contribution in [1.29, 1.82) is 0 Å². The number of aromatic nitrogens is 1. The van der Waals surface area contributed by atoms with Gasteiger partial charge in [0.15, 0.2) is 0 Å². The first kappa shape index (κ1) is 22.7. The molecule has 0 saturated heterocycles. The highest BCUT2D eigenvalue weighted by Crippen LogP contribution is 2.39. The maximum absolute atomic E-state index is 12.8. The second kappa shape index (κ2) is 9.16. The summed E-state index contributed by atoms with van der Waals surface area (Å²) in [5, 5.41) is 0.946. The lowest BCUT2D eigenvalue weighted by molar-refractivity contribution is -0.137. The van der Waals surface area contributed by atoms with Gasteiger partial charge in [-0.2, -0.15) is 13.2 Å². The summed E-state index contributed by atoms with van der Waals surface area (Å²) in [5.41, 5.74) is 3.18. The normalized spacial score (nSPS) is 12.8. The van der Waals surface area contributed by atoms with E-state index in [1.165, 1.54) is 33.9 Å². The number of nitrogens with zero attached hydrogens (tertiary/aromatic N) is 1. The van der Waals surface area contributed by atoms with Crippen molar-refractivity contribution in [2.75, 3.05) is 6.61 Å². The molecule has 4 rings (SSSR count). The maximum Gasteiger partial charge on any atom is 0.416 e. The number of alkyl halides is 3. The second-order valence-corrected chi connectivity index (χ2v) is 9.89. The Labute approximate surface area is 193 Å². The minimum atomic E-state index is -4.34. The van der Waals surface area contributed by atoms with Gasteiger partial charge in [-0.05, 0) is 74.4 Å². The molecule has 0 amide bonds. The molecule has 1 atom stereocenters. The van der Waals surface area contributed by atoms with Gasteiger partial charge in [0.1, 0.15) is 10.8 Å². The molecule has 166 valence electrons. The maximum atomic E-state index is 12.8. The van der Waals surface area contributed by atoms with Gasteiger partial charge in [0, 0.05) is 15.7 Å². The third-order valence-corrected chi connectivity index (χ3v) is 7.32. The number of benzene rings is 3. The Morgan fingerprint density at radius 2 is 1.78 bits per heavy atom. The number of thioether (sulfide) groups is 1. The van der Waals surface area contributed by atoms with E-state index in [1.54, 1.807) is 11.8 Å². The molecule has 0 aliphatic carbocycles. The molecule has 3 aromatic carbocycles. The predicted molar refractivity (Wildman–Crippen MR) is 127 cm³/mol. The van der Waals surface area contributed by atoms with Crippen molar-refractivity contribution in [2.45, 2.75) is 37.1 Å². The van der Waals surface area contributed by atoms with Crippen molar-refractivity contribution in [1.82, 2.24) is 4.98 Å². The molecule has 0 aliphatic heterocycles. The van der Waals surface area contributed by atoms with Crippen LogP contribution in [-0.2, 0) is 6.18 Å². The van der Waals surface area contributed by atoms with Crippen molar-refractivity contribution in [3.05, 3.63) is 77.4 Å². The standard InChI is InChI=1S/C25H22F3NOS2/c1-4-30-22-12-10-20(13-15(22)2)31-16(3)18-7-11-21-23(14-18)32-24(29-21)17-5-8-19(9-6-17)25(26,27)28/h5-14,16H,4H2,1-3H3. The lowest BCUT2D eigenvalue weighted by Gasteiger charge is -2.14. The Morgan fingerprint density at radius 3 is 2.44 bits per heavy atom. The molecular weight excluding hydrogens is 451 g/mol. The van der Waals surface area contributed by atoms with Crippen LogP contribution in [0.1, 0.15) is 35.8 Å². The van der Waals surface area contributed by atoms with Crippen LogP contribution in [0, 0.1) is 6.92 Å². The molecule has 32 heavy (non-hydrogen) atoms. The zero-order chi connectivity index (χ0) is 22.9. The number of aryl methyl sites for hydroxylation is 1. The topological polar surface area (TPSA) is 22.1 Å². The summed E-state index contributed by atoms with van der Waals surface area (Å²) in [7, 11) is 0. The number of hydrogen-bond acceptors (Lipinski definition) is 4. The molecule has 0 bridgehead atoms. The molecule has 0 spiro atoms. The van der Waals surface area contributed by atoms with Crippen LogP contribution in [0.5, 0.6) is 5.75 Å². The van der Waals surface area contributed by atoms with Gasteiger partial charge in [0.25, 0.3) is 0 Å². The number of halogens is 3. The zero-order valence-electron chi connectivity index (χ0n) is 17.9. The van der Waals surface area contributed by atoms with Crippen molar-refractivity contribution in [2.24, 2.45) is 0 Å².